The number of amides is 1. The smallest absolute Gasteiger partial charge is 0.238 e. The van der Waals surface area contributed by atoms with Crippen LogP contribution in [0.5, 0.6) is 0 Å². The second-order valence-corrected chi connectivity index (χ2v) is 5.40. The molecule has 1 amide bonds. The number of carbonyl (C=O) groups excluding carboxylic acids is 2. The summed E-state index contributed by atoms with van der Waals surface area (Å²) in [6.07, 6.45) is 2.46. The van der Waals surface area contributed by atoms with Crippen molar-refractivity contribution < 1.29 is 9.59 Å². The lowest BCUT2D eigenvalue weighted by atomic mass is 9.74. The van der Waals surface area contributed by atoms with Gasteiger partial charge in [0.05, 0.1) is 11.5 Å². The minimum absolute atomic E-state index is 0.0924. The highest BCUT2D eigenvalue weighted by Crippen LogP contribution is 2.47. The number of anilines is 1. The molecular weight excluding hydrogens is 240 g/mol. The van der Waals surface area contributed by atoms with E-state index < -0.39 is 11.5 Å². The first-order valence-corrected chi connectivity index (χ1v) is 6.80. The SMILES string of the molecule is CC(C=O)N1C(=O)C2(CCNCC2)c2ccccc21. The van der Waals surface area contributed by atoms with Gasteiger partial charge >= 0.3 is 0 Å². The maximum Gasteiger partial charge on any atom is 0.238 e. The first kappa shape index (κ1) is 12.4. The number of para-hydroxylation sites is 1. The molecule has 1 aromatic carbocycles. The Bertz CT molecular complexity index is 521. The van der Waals surface area contributed by atoms with Crippen LogP contribution in [-0.4, -0.2) is 31.3 Å². The number of piperidine rings is 1. The predicted octanol–water partition coefficient (Wildman–Crippen LogP) is 1.24. The van der Waals surface area contributed by atoms with E-state index >= 15 is 0 Å². The summed E-state index contributed by atoms with van der Waals surface area (Å²) in [5.41, 5.74) is 1.59. The molecule has 4 nitrogen and oxygen atoms in total. The van der Waals surface area contributed by atoms with Crippen LogP contribution in [-0.2, 0) is 15.0 Å². The van der Waals surface area contributed by atoms with Gasteiger partial charge in [0.1, 0.15) is 6.29 Å². The summed E-state index contributed by atoms with van der Waals surface area (Å²) in [5, 5.41) is 3.31. The monoisotopic (exact) mass is 258 g/mol. The molecule has 4 heteroatoms. The summed E-state index contributed by atoms with van der Waals surface area (Å²) in [4.78, 5) is 25.7. The van der Waals surface area contributed by atoms with Gasteiger partial charge in [-0.1, -0.05) is 18.2 Å². The van der Waals surface area contributed by atoms with Crippen LogP contribution in [0.1, 0.15) is 25.3 Å². The Hall–Kier alpha value is -1.68. The molecule has 0 aliphatic carbocycles. The molecule has 0 bridgehead atoms. The lowest BCUT2D eigenvalue weighted by Crippen LogP contribution is -2.49. The van der Waals surface area contributed by atoms with E-state index in [0.717, 1.165) is 43.5 Å². The molecule has 2 heterocycles. The number of aldehydes is 1. The highest BCUT2D eigenvalue weighted by Gasteiger charge is 2.51. The third-order valence-electron chi connectivity index (χ3n) is 4.37. The fraction of sp³-hybridized carbons (Fsp3) is 0.467. The third-order valence-corrected chi connectivity index (χ3v) is 4.37. The van der Waals surface area contributed by atoms with Crippen LogP contribution in [0.3, 0.4) is 0 Å². The van der Waals surface area contributed by atoms with Gasteiger partial charge in [0.15, 0.2) is 0 Å². The summed E-state index contributed by atoms with van der Waals surface area (Å²) in [6.45, 7) is 3.48. The van der Waals surface area contributed by atoms with Crippen molar-refractivity contribution in [2.24, 2.45) is 0 Å². The average molecular weight is 258 g/mol. The molecule has 1 spiro atoms. The van der Waals surface area contributed by atoms with Crippen LogP contribution >= 0.6 is 0 Å². The van der Waals surface area contributed by atoms with Crippen molar-refractivity contribution in [3.05, 3.63) is 29.8 Å². The van der Waals surface area contributed by atoms with Crippen LogP contribution < -0.4 is 10.2 Å². The second kappa shape index (κ2) is 4.46. The van der Waals surface area contributed by atoms with Gasteiger partial charge in [-0.2, -0.15) is 0 Å². The summed E-state index contributed by atoms with van der Waals surface area (Å²) in [7, 11) is 0. The lowest BCUT2D eigenvalue weighted by Gasteiger charge is -2.33. The van der Waals surface area contributed by atoms with Crippen LogP contribution in [0.15, 0.2) is 24.3 Å². The Kier molecular flexibility index (Phi) is 2.90. The topological polar surface area (TPSA) is 49.4 Å². The van der Waals surface area contributed by atoms with E-state index in [9.17, 15) is 9.59 Å². The molecule has 1 N–H and O–H groups in total. The van der Waals surface area contributed by atoms with Gasteiger partial charge in [0.2, 0.25) is 5.91 Å². The maximum absolute atomic E-state index is 12.9. The number of benzene rings is 1. The van der Waals surface area contributed by atoms with Crippen LogP contribution in [0.2, 0.25) is 0 Å². The van der Waals surface area contributed by atoms with Crippen molar-refractivity contribution in [2.45, 2.75) is 31.2 Å². The number of rotatable bonds is 2. The minimum atomic E-state index is -0.418. The normalized spacial score (nSPS) is 22.4. The first-order chi connectivity index (χ1) is 9.20. The molecule has 0 aromatic heterocycles. The predicted molar refractivity (Wildman–Crippen MR) is 73.2 cm³/mol. The quantitative estimate of drug-likeness (QED) is 0.812. The molecule has 19 heavy (non-hydrogen) atoms. The Balaban J connectivity index is 2.13. The van der Waals surface area contributed by atoms with E-state index in [1.807, 2.05) is 24.3 Å². The zero-order valence-corrected chi connectivity index (χ0v) is 11.1. The van der Waals surface area contributed by atoms with Gasteiger partial charge in [-0.15, -0.1) is 0 Å². The summed E-state index contributed by atoms with van der Waals surface area (Å²) >= 11 is 0. The van der Waals surface area contributed by atoms with E-state index in [2.05, 4.69) is 5.32 Å². The standard InChI is InChI=1S/C15H18N2O2/c1-11(10-18)17-13-5-3-2-4-12(13)15(14(17)19)6-8-16-9-7-15/h2-5,10-11,16H,6-9H2,1H3. The van der Waals surface area contributed by atoms with E-state index in [-0.39, 0.29) is 5.91 Å². The van der Waals surface area contributed by atoms with E-state index in [1.54, 1.807) is 11.8 Å². The Morgan fingerprint density at radius 2 is 2.00 bits per heavy atom. The van der Waals surface area contributed by atoms with E-state index in [1.165, 1.54) is 0 Å². The molecule has 1 unspecified atom stereocenters. The van der Waals surface area contributed by atoms with Gasteiger partial charge in [-0.25, -0.2) is 0 Å². The van der Waals surface area contributed by atoms with Crippen LogP contribution in [0, 0.1) is 0 Å². The number of carbonyl (C=O) groups is 2. The maximum atomic E-state index is 12.9. The number of nitrogens with zero attached hydrogens (tertiary/aromatic N) is 1. The van der Waals surface area contributed by atoms with E-state index in [0.29, 0.717) is 0 Å². The number of nitrogens with one attached hydrogen (secondary N) is 1. The molecule has 1 saturated heterocycles. The molecule has 3 rings (SSSR count). The largest absolute Gasteiger partial charge is 0.317 e. The lowest BCUT2D eigenvalue weighted by molar-refractivity contribution is -0.125. The van der Waals surface area contributed by atoms with Gasteiger partial charge in [0.25, 0.3) is 0 Å². The van der Waals surface area contributed by atoms with Gasteiger partial charge in [-0.05, 0) is 44.5 Å². The molecule has 2 aliphatic rings. The summed E-state index contributed by atoms with van der Waals surface area (Å²) < 4.78 is 0. The zero-order chi connectivity index (χ0) is 13.5. The van der Waals surface area contributed by atoms with Crippen molar-refractivity contribution in [2.75, 3.05) is 18.0 Å². The fourth-order valence-electron chi connectivity index (χ4n) is 3.35. The van der Waals surface area contributed by atoms with Crippen LogP contribution in [0.4, 0.5) is 5.69 Å². The van der Waals surface area contributed by atoms with Crippen molar-refractivity contribution in [1.82, 2.24) is 5.32 Å². The number of hydrogen-bond acceptors (Lipinski definition) is 3. The molecule has 1 atom stereocenters. The van der Waals surface area contributed by atoms with Gasteiger partial charge in [-0.3, -0.25) is 4.79 Å². The number of hydrogen-bond donors (Lipinski definition) is 1. The minimum Gasteiger partial charge on any atom is -0.317 e. The fourth-order valence-corrected chi connectivity index (χ4v) is 3.35. The van der Waals surface area contributed by atoms with E-state index in [4.69, 9.17) is 0 Å². The third kappa shape index (κ3) is 1.63. The summed E-state index contributed by atoms with van der Waals surface area (Å²) in [5.74, 6) is 0.0924. The number of fused-ring (bicyclic) bond motifs is 2. The van der Waals surface area contributed by atoms with Crippen molar-refractivity contribution >= 4 is 17.9 Å². The molecule has 100 valence electrons. The highest BCUT2D eigenvalue weighted by atomic mass is 16.2. The molecule has 0 saturated carbocycles. The Morgan fingerprint density at radius 1 is 1.32 bits per heavy atom. The molecule has 0 radical (unpaired) electrons. The molecule has 1 fully saturated rings. The highest BCUT2D eigenvalue weighted by molar-refractivity contribution is 6.10. The second-order valence-electron chi connectivity index (χ2n) is 5.40. The molecular formula is C15H18N2O2. The average Bonchev–Trinajstić information content (AvgIpc) is 2.70. The zero-order valence-electron chi connectivity index (χ0n) is 11.1. The van der Waals surface area contributed by atoms with Crippen LogP contribution in [0.25, 0.3) is 0 Å². The van der Waals surface area contributed by atoms with Gasteiger partial charge in [0, 0.05) is 5.69 Å². The summed E-state index contributed by atoms with van der Waals surface area (Å²) in [6, 6.07) is 7.49. The van der Waals surface area contributed by atoms with Gasteiger partial charge < -0.3 is 15.0 Å². The first-order valence-electron chi connectivity index (χ1n) is 6.80. The van der Waals surface area contributed by atoms with Crippen molar-refractivity contribution in [1.29, 1.82) is 0 Å². The molecule has 2 aliphatic heterocycles. The van der Waals surface area contributed by atoms with Crippen molar-refractivity contribution in [3.8, 4) is 0 Å². The van der Waals surface area contributed by atoms with Crippen molar-refractivity contribution in [3.63, 3.8) is 0 Å². The Labute approximate surface area is 112 Å². The molecule has 1 aromatic rings. The Morgan fingerprint density at radius 3 is 2.68 bits per heavy atom.